The van der Waals surface area contributed by atoms with E-state index in [0.29, 0.717) is 13.1 Å². The number of aromatic nitrogens is 3. The minimum Gasteiger partial charge on any atom is -0.342 e. The van der Waals surface area contributed by atoms with E-state index in [-0.39, 0.29) is 5.92 Å². The minimum absolute atomic E-state index is 0.118. The smallest absolute Gasteiger partial charge is 0.254 e. The molecule has 2 aliphatic heterocycles. The average molecular weight is 298 g/mol. The number of hydrogen-bond acceptors (Lipinski definition) is 3. The highest BCUT2D eigenvalue weighted by Crippen LogP contribution is 2.29. The molecule has 2 aliphatic rings. The molecule has 1 unspecified atom stereocenters. The van der Waals surface area contributed by atoms with Gasteiger partial charge in [0, 0.05) is 32.0 Å². The van der Waals surface area contributed by atoms with Crippen LogP contribution in [0.15, 0.2) is 0 Å². The number of amides is 1. The lowest BCUT2D eigenvalue weighted by Gasteiger charge is -2.33. The molecular weight excluding hydrogens is 278 g/mol. The summed E-state index contributed by atoms with van der Waals surface area (Å²) in [6.45, 7) is 2.76. The normalized spacial score (nSPS) is 22.4. The van der Waals surface area contributed by atoms with Gasteiger partial charge in [0.2, 0.25) is 5.91 Å². The first-order valence-electron chi connectivity index (χ1n) is 7.51. The van der Waals surface area contributed by atoms with Gasteiger partial charge in [-0.15, -0.1) is 10.2 Å². The Balaban J connectivity index is 1.70. The summed E-state index contributed by atoms with van der Waals surface area (Å²) < 4.78 is 28.1. The van der Waals surface area contributed by atoms with E-state index in [1.54, 1.807) is 4.90 Å². The van der Waals surface area contributed by atoms with Gasteiger partial charge >= 0.3 is 0 Å². The zero-order valence-electron chi connectivity index (χ0n) is 12.2. The summed E-state index contributed by atoms with van der Waals surface area (Å²) in [6.07, 6.45) is 3.08. The molecule has 3 heterocycles. The van der Waals surface area contributed by atoms with Crippen LogP contribution in [0.25, 0.3) is 0 Å². The fourth-order valence-electron chi connectivity index (χ4n) is 3.27. The van der Waals surface area contributed by atoms with Crippen LogP contribution < -0.4 is 0 Å². The molecule has 0 N–H and O–H groups in total. The van der Waals surface area contributed by atoms with Gasteiger partial charge in [-0.3, -0.25) is 4.79 Å². The molecule has 0 aliphatic carbocycles. The summed E-state index contributed by atoms with van der Waals surface area (Å²) in [5.74, 6) is -1.36. The third-order valence-corrected chi connectivity index (χ3v) is 4.24. The van der Waals surface area contributed by atoms with Crippen molar-refractivity contribution in [1.82, 2.24) is 19.7 Å². The summed E-state index contributed by atoms with van der Waals surface area (Å²) in [5.41, 5.74) is 0. The van der Waals surface area contributed by atoms with Gasteiger partial charge in [-0.05, 0) is 26.2 Å². The van der Waals surface area contributed by atoms with Crippen molar-refractivity contribution in [3.63, 3.8) is 0 Å². The second kappa shape index (κ2) is 5.35. The van der Waals surface area contributed by atoms with Crippen LogP contribution in [0.5, 0.6) is 0 Å². The number of piperidine rings is 1. The first-order chi connectivity index (χ1) is 9.94. The van der Waals surface area contributed by atoms with Crippen molar-refractivity contribution < 1.29 is 13.6 Å². The molecule has 1 atom stereocenters. The number of carbonyl (C=O) groups excluding carboxylic acids is 1. The first-order valence-corrected chi connectivity index (χ1v) is 7.51. The lowest BCUT2D eigenvalue weighted by Crippen LogP contribution is -2.41. The molecule has 1 fully saturated rings. The van der Waals surface area contributed by atoms with E-state index < -0.39 is 18.3 Å². The minimum atomic E-state index is -2.94. The summed E-state index contributed by atoms with van der Waals surface area (Å²) in [4.78, 5) is 13.5. The number of nitrogens with zero attached hydrogens (tertiary/aromatic N) is 4. The van der Waals surface area contributed by atoms with Crippen molar-refractivity contribution in [3.8, 4) is 0 Å². The van der Waals surface area contributed by atoms with Gasteiger partial charge in [-0.25, -0.2) is 8.78 Å². The number of halogens is 2. The molecule has 7 heteroatoms. The highest BCUT2D eigenvalue weighted by molar-refractivity contribution is 5.77. The van der Waals surface area contributed by atoms with Crippen LogP contribution in [-0.4, -0.2) is 44.6 Å². The molecule has 1 aromatic heterocycles. The fraction of sp³-hybridized carbons (Fsp3) is 0.786. The lowest BCUT2D eigenvalue weighted by atomic mass is 9.96. The number of aryl methyl sites for hydroxylation is 1. The molecule has 1 aromatic rings. The number of hydrogen-bond donors (Lipinski definition) is 0. The van der Waals surface area contributed by atoms with Gasteiger partial charge in [0.25, 0.3) is 5.92 Å². The largest absolute Gasteiger partial charge is 0.342 e. The van der Waals surface area contributed by atoms with Crippen LogP contribution in [0.2, 0.25) is 0 Å². The van der Waals surface area contributed by atoms with Crippen molar-refractivity contribution in [1.29, 1.82) is 0 Å². The first kappa shape index (κ1) is 14.4. The van der Waals surface area contributed by atoms with Crippen LogP contribution in [-0.2, 0) is 17.8 Å². The Kier molecular flexibility index (Phi) is 3.67. The Morgan fingerprint density at radius 2 is 2.14 bits per heavy atom. The molecule has 3 rings (SSSR count). The summed E-state index contributed by atoms with van der Waals surface area (Å²) in [6, 6.07) is 0. The van der Waals surface area contributed by atoms with Gasteiger partial charge in [0.1, 0.15) is 11.6 Å². The number of rotatable bonds is 3. The second-order valence-corrected chi connectivity index (χ2v) is 6.16. The SMILES string of the molecule is CC(F)(F)CC(=O)N1CCCC(c2nnc3n2CCC3)C1. The topological polar surface area (TPSA) is 51.0 Å². The molecule has 1 amide bonds. The van der Waals surface area contributed by atoms with Crippen molar-refractivity contribution in [2.75, 3.05) is 13.1 Å². The van der Waals surface area contributed by atoms with Crippen LogP contribution in [0, 0.1) is 0 Å². The van der Waals surface area contributed by atoms with Crippen molar-refractivity contribution in [3.05, 3.63) is 11.6 Å². The predicted octanol–water partition coefficient (Wildman–Crippen LogP) is 1.98. The third-order valence-electron chi connectivity index (χ3n) is 4.24. The summed E-state index contributed by atoms with van der Waals surface area (Å²) >= 11 is 0. The average Bonchev–Trinajstić information content (AvgIpc) is 2.99. The van der Waals surface area contributed by atoms with E-state index in [2.05, 4.69) is 14.8 Å². The molecule has 0 aromatic carbocycles. The number of fused-ring (bicyclic) bond motifs is 1. The maximum absolute atomic E-state index is 13.0. The predicted molar refractivity (Wildman–Crippen MR) is 72.1 cm³/mol. The maximum atomic E-state index is 13.0. The lowest BCUT2D eigenvalue weighted by molar-refractivity contribution is -0.138. The number of alkyl halides is 2. The molecule has 1 saturated heterocycles. The van der Waals surface area contributed by atoms with Gasteiger partial charge in [0.05, 0.1) is 6.42 Å². The van der Waals surface area contributed by atoms with Crippen LogP contribution in [0.4, 0.5) is 8.78 Å². The van der Waals surface area contributed by atoms with E-state index in [1.165, 1.54) is 0 Å². The Labute approximate surface area is 122 Å². The molecule has 0 bridgehead atoms. The Hall–Kier alpha value is -1.53. The van der Waals surface area contributed by atoms with Gasteiger partial charge in [-0.1, -0.05) is 0 Å². The molecule has 0 saturated carbocycles. The standard InChI is InChI=1S/C14H20F2N4O/c1-14(15,16)8-12(21)19-6-2-4-10(9-19)13-18-17-11-5-3-7-20(11)13/h10H,2-9H2,1H3. The highest BCUT2D eigenvalue weighted by Gasteiger charge is 2.33. The van der Waals surface area contributed by atoms with Gasteiger partial charge in [-0.2, -0.15) is 0 Å². The molecule has 0 radical (unpaired) electrons. The van der Waals surface area contributed by atoms with E-state index in [4.69, 9.17) is 0 Å². The number of carbonyl (C=O) groups is 1. The Morgan fingerprint density at radius 1 is 1.33 bits per heavy atom. The summed E-state index contributed by atoms with van der Waals surface area (Å²) in [5, 5.41) is 8.45. The van der Waals surface area contributed by atoms with E-state index in [0.717, 1.165) is 50.8 Å². The second-order valence-electron chi connectivity index (χ2n) is 6.16. The van der Waals surface area contributed by atoms with Crippen LogP contribution in [0.3, 0.4) is 0 Å². The Bertz CT molecular complexity index is 538. The molecular formula is C14H20F2N4O. The maximum Gasteiger partial charge on any atom is 0.254 e. The van der Waals surface area contributed by atoms with Crippen molar-refractivity contribution in [2.24, 2.45) is 0 Å². The number of likely N-dealkylation sites (tertiary alicyclic amines) is 1. The third kappa shape index (κ3) is 3.06. The van der Waals surface area contributed by atoms with E-state index in [9.17, 15) is 13.6 Å². The van der Waals surface area contributed by atoms with E-state index >= 15 is 0 Å². The molecule has 5 nitrogen and oxygen atoms in total. The summed E-state index contributed by atoms with van der Waals surface area (Å²) in [7, 11) is 0. The van der Waals surface area contributed by atoms with Crippen LogP contribution in [0.1, 0.15) is 50.2 Å². The quantitative estimate of drug-likeness (QED) is 0.857. The van der Waals surface area contributed by atoms with E-state index in [1.807, 2.05) is 0 Å². The van der Waals surface area contributed by atoms with Gasteiger partial charge < -0.3 is 9.47 Å². The fourth-order valence-corrected chi connectivity index (χ4v) is 3.27. The van der Waals surface area contributed by atoms with Crippen molar-refractivity contribution >= 4 is 5.91 Å². The van der Waals surface area contributed by atoms with Crippen LogP contribution >= 0.6 is 0 Å². The Morgan fingerprint density at radius 3 is 2.90 bits per heavy atom. The molecule has 21 heavy (non-hydrogen) atoms. The molecule has 116 valence electrons. The zero-order valence-corrected chi connectivity index (χ0v) is 12.2. The zero-order chi connectivity index (χ0) is 15.0. The highest BCUT2D eigenvalue weighted by atomic mass is 19.3. The molecule has 0 spiro atoms. The monoisotopic (exact) mass is 298 g/mol. The van der Waals surface area contributed by atoms with Crippen molar-refractivity contribution in [2.45, 2.75) is 57.4 Å². The van der Waals surface area contributed by atoms with Gasteiger partial charge in [0.15, 0.2) is 0 Å².